The van der Waals surface area contributed by atoms with Crippen molar-refractivity contribution in [3.63, 3.8) is 0 Å². The number of para-hydroxylation sites is 3. The van der Waals surface area contributed by atoms with Gasteiger partial charge >= 0.3 is 0 Å². The molecule has 10 rings (SSSR count). The van der Waals surface area contributed by atoms with Gasteiger partial charge in [-0.25, -0.2) is 4.98 Å². The fourth-order valence-electron chi connectivity index (χ4n) is 7.63. The first-order chi connectivity index (χ1) is 24.8. The average molecular weight is 643 g/mol. The van der Waals surface area contributed by atoms with E-state index in [0.717, 1.165) is 50.2 Å². The zero-order chi connectivity index (χ0) is 33.0. The van der Waals surface area contributed by atoms with E-state index in [1.807, 2.05) is 66.9 Å². The van der Waals surface area contributed by atoms with Crippen LogP contribution in [0.2, 0.25) is 0 Å². The number of hydrogen-bond donors (Lipinski definition) is 0. The number of rotatable bonds is 5. The Morgan fingerprint density at radius 1 is 0.560 bits per heavy atom. The van der Waals surface area contributed by atoms with Crippen LogP contribution >= 0.6 is 0 Å². The van der Waals surface area contributed by atoms with E-state index in [0.29, 0.717) is 17.6 Å². The molecule has 4 heterocycles. The zero-order valence-corrected chi connectivity index (χ0v) is 27.0. The predicted molar refractivity (Wildman–Crippen MR) is 202 cm³/mol. The van der Waals surface area contributed by atoms with Gasteiger partial charge in [-0.3, -0.25) is 4.98 Å². The third-order valence-corrected chi connectivity index (χ3v) is 9.83. The standard InChI is InChI=1S/C44H30N6/c1-4-14-29(15-5-1)42-46-43(30-16-6-2-7-17-30)48-44(47-42)50-36-22-12-10-20-33(36)35-28-31(24-25-38(35)50)41-40-34-21-11-13-23-37(34)49(39(40)26-27-45-41)32-18-8-3-9-19-32/h1-28,35,38H. The highest BCUT2D eigenvalue weighted by Crippen LogP contribution is 2.49. The lowest BCUT2D eigenvalue weighted by Crippen LogP contribution is -2.30. The normalized spacial score (nSPS) is 16.4. The van der Waals surface area contributed by atoms with E-state index in [-0.39, 0.29) is 12.0 Å². The minimum Gasteiger partial charge on any atom is -0.309 e. The summed E-state index contributed by atoms with van der Waals surface area (Å²) in [5.41, 5.74) is 9.76. The Morgan fingerprint density at radius 3 is 1.94 bits per heavy atom. The summed E-state index contributed by atoms with van der Waals surface area (Å²) >= 11 is 0. The number of nitrogens with zero attached hydrogens (tertiary/aromatic N) is 6. The molecule has 2 atom stereocenters. The monoisotopic (exact) mass is 642 g/mol. The molecule has 0 fully saturated rings. The smallest absolute Gasteiger partial charge is 0.234 e. The summed E-state index contributed by atoms with van der Waals surface area (Å²) in [4.78, 5) is 22.5. The van der Waals surface area contributed by atoms with E-state index in [9.17, 15) is 0 Å². The molecule has 0 saturated carbocycles. The number of pyridine rings is 1. The number of benzene rings is 5. The fourth-order valence-corrected chi connectivity index (χ4v) is 7.63. The summed E-state index contributed by atoms with van der Waals surface area (Å²) in [6.45, 7) is 0. The van der Waals surface area contributed by atoms with Gasteiger partial charge in [-0.1, -0.05) is 133 Å². The number of anilines is 2. The fraction of sp³-hybridized carbons (Fsp3) is 0.0455. The van der Waals surface area contributed by atoms with Gasteiger partial charge in [0.15, 0.2) is 11.6 Å². The molecular weight excluding hydrogens is 613 g/mol. The molecule has 0 amide bonds. The summed E-state index contributed by atoms with van der Waals surface area (Å²) in [6.07, 6.45) is 8.85. The molecule has 6 heteroatoms. The Balaban J connectivity index is 1.13. The van der Waals surface area contributed by atoms with Crippen LogP contribution in [0.5, 0.6) is 0 Å². The number of hydrogen-bond acceptors (Lipinski definition) is 5. The largest absolute Gasteiger partial charge is 0.309 e. The van der Waals surface area contributed by atoms with E-state index >= 15 is 0 Å². The van der Waals surface area contributed by atoms with Crippen molar-refractivity contribution >= 4 is 39.0 Å². The first-order valence-corrected chi connectivity index (χ1v) is 16.9. The maximum Gasteiger partial charge on any atom is 0.234 e. The van der Waals surface area contributed by atoms with Crippen LogP contribution in [-0.4, -0.2) is 30.5 Å². The molecule has 1 aliphatic heterocycles. The summed E-state index contributed by atoms with van der Waals surface area (Å²) in [6, 6.07) is 50.2. The minimum absolute atomic E-state index is 0.0179. The van der Waals surface area contributed by atoms with Crippen molar-refractivity contribution in [1.29, 1.82) is 0 Å². The van der Waals surface area contributed by atoms with Crippen molar-refractivity contribution < 1.29 is 0 Å². The quantitative estimate of drug-likeness (QED) is 0.187. The molecule has 0 saturated heterocycles. The number of fused-ring (bicyclic) bond motifs is 6. The van der Waals surface area contributed by atoms with Crippen molar-refractivity contribution in [2.75, 3.05) is 4.90 Å². The molecule has 8 aromatic rings. The molecule has 0 N–H and O–H groups in total. The second kappa shape index (κ2) is 11.5. The SMILES string of the molecule is C1=CC2C(C=C1c1nccc3c1c1ccccc1n3-c1ccccc1)c1ccccc1N2c1nc(-c2ccccc2)nc(-c2ccccc2)n1. The maximum atomic E-state index is 5.12. The van der Waals surface area contributed by atoms with Crippen molar-refractivity contribution in [3.8, 4) is 28.5 Å². The van der Waals surface area contributed by atoms with Crippen molar-refractivity contribution in [1.82, 2.24) is 24.5 Å². The summed E-state index contributed by atoms with van der Waals surface area (Å²) in [7, 11) is 0. The zero-order valence-electron chi connectivity index (χ0n) is 27.0. The van der Waals surface area contributed by atoms with Crippen LogP contribution in [0, 0.1) is 0 Å². The lowest BCUT2D eigenvalue weighted by Gasteiger charge is -2.28. The lowest BCUT2D eigenvalue weighted by atomic mass is 9.87. The van der Waals surface area contributed by atoms with Crippen molar-refractivity contribution in [3.05, 3.63) is 181 Å². The van der Waals surface area contributed by atoms with Crippen LogP contribution in [-0.2, 0) is 0 Å². The van der Waals surface area contributed by atoms with Gasteiger partial charge in [0.05, 0.1) is 22.8 Å². The van der Waals surface area contributed by atoms with Crippen LogP contribution in [0.15, 0.2) is 170 Å². The molecule has 0 spiro atoms. The number of allylic oxidation sites excluding steroid dienone is 2. The first-order valence-electron chi connectivity index (χ1n) is 16.9. The molecule has 2 unspecified atom stereocenters. The highest BCUT2D eigenvalue weighted by molar-refractivity contribution is 6.13. The Hall–Kier alpha value is -6.66. The van der Waals surface area contributed by atoms with Gasteiger partial charge in [0.2, 0.25) is 5.95 Å². The molecule has 0 radical (unpaired) electrons. The highest BCUT2D eigenvalue weighted by atomic mass is 15.3. The maximum absolute atomic E-state index is 5.12. The first kappa shape index (κ1) is 28.4. The third-order valence-electron chi connectivity index (χ3n) is 9.83. The van der Waals surface area contributed by atoms with Crippen molar-refractivity contribution in [2.45, 2.75) is 12.0 Å². The Morgan fingerprint density at radius 2 is 1.20 bits per heavy atom. The van der Waals surface area contributed by atoms with Crippen LogP contribution in [0.25, 0.3) is 55.8 Å². The molecule has 2 aliphatic rings. The van der Waals surface area contributed by atoms with Crippen LogP contribution < -0.4 is 4.90 Å². The van der Waals surface area contributed by atoms with Gasteiger partial charge in [-0.2, -0.15) is 9.97 Å². The van der Waals surface area contributed by atoms with Crippen LogP contribution in [0.1, 0.15) is 17.2 Å². The topological polar surface area (TPSA) is 59.7 Å². The molecule has 0 bridgehead atoms. The molecular formula is C44H30N6. The Labute approximate surface area is 289 Å². The summed E-state index contributed by atoms with van der Waals surface area (Å²) in [5.74, 6) is 2.00. The molecule has 3 aromatic heterocycles. The van der Waals surface area contributed by atoms with E-state index in [1.165, 1.54) is 10.9 Å². The lowest BCUT2D eigenvalue weighted by molar-refractivity contribution is 0.730. The van der Waals surface area contributed by atoms with Gasteiger partial charge in [-0.05, 0) is 41.5 Å². The summed E-state index contributed by atoms with van der Waals surface area (Å²) < 4.78 is 2.34. The minimum atomic E-state index is -0.0179. The van der Waals surface area contributed by atoms with E-state index in [2.05, 4.69) is 113 Å². The van der Waals surface area contributed by atoms with Gasteiger partial charge < -0.3 is 9.47 Å². The summed E-state index contributed by atoms with van der Waals surface area (Å²) in [5, 5.41) is 2.34. The van der Waals surface area contributed by atoms with E-state index < -0.39 is 0 Å². The molecule has 50 heavy (non-hydrogen) atoms. The second-order valence-electron chi connectivity index (χ2n) is 12.7. The second-order valence-corrected chi connectivity index (χ2v) is 12.7. The third kappa shape index (κ3) is 4.49. The van der Waals surface area contributed by atoms with Gasteiger partial charge in [0.1, 0.15) is 0 Å². The Bertz CT molecular complexity index is 2550. The average Bonchev–Trinajstić information content (AvgIpc) is 3.71. The van der Waals surface area contributed by atoms with E-state index in [4.69, 9.17) is 19.9 Å². The molecule has 236 valence electrons. The predicted octanol–water partition coefficient (Wildman–Crippen LogP) is 9.95. The molecule has 5 aromatic carbocycles. The van der Waals surface area contributed by atoms with E-state index in [1.54, 1.807) is 0 Å². The van der Waals surface area contributed by atoms with Crippen LogP contribution in [0.3, 0.4) is 0 Å². The molecule has 6 nitrogen and oxygen atoms in total. The highest BCUT2D eigenvalue weighted by Gasteiger charge is 2.40. The van der Waals surface area contributed by atoms with Gasteiger partial charge in [-0.15, -0.1) is 0 Å². The van der Waals surface area contributed by atoms with Crippen LogP contribution in [0.4, 0.5) is 11.6 Å². The Kier molecular flexibility index (Phi) is 6.52. The number of aromatic nitrogens is 5. The van der Waals surface area contributed by atoms with Gasteiger partial charge in [0, 0.05) is 45.4 Å². The van der Waals surface area contributed by atoms with Gasteiger partial charge in [0.25, 0.3) is 0 Å². The van der Waals surface area contributed by atoms with Crippen molar-refractivity contribution in [2.24, 2.45) is 0 Å². The molecule has 1 aliphatic carbocycles.